The number of aliphatic carboxylic acids is 3. The number of amides is 7. The number of nitrogens with two attached hydrogens (primary N) is 2. The van der Waals surface area contributed by atoms with Gasteiger partial charge in [-0.3, -0.25) is 53.5 Å². The first-order chi connectivity index (χ1) is 49.4. The van der Waals surface area contributed by atoms with Crippen LogP contribution in [-0.2, 0) is 40.1 Å². The molecule has 0 saturated heterocycles. The maximum Gasteiger partial charge on any atom is 0.327 e. The van der Waals surface area contributed by atoms with E-state index in [0.717, 1.165) is 32.5 Å². The van der Waals surface area contributed by atoms with E-state index in [9.17, 15) is 73.2 Å². The molecule has 10 rings (SSSR count). The number of phenols is 1. The fraction of sp³-hybridized carbons (Fsp3) is 0.269. The molecule has 103 heavy (non-hydrogen) atoms. The number of carbonyl (C=O) groups is 10. The zero-order valence-electron chi connectivity index (χ0n) is 54.4. The summed E-state index contributed by atoms with van der Waals surface area (Å²) in [6.07, 6.45) is -0.296. The second-order valence-corrected chi connectivity index (χ2v) is 26.7. The highest BCUT2D eigenvalue weighted by atomic mass is 35.5. The van der Waals surface area contributed by atoms with E-state index in [1.165, 1.54) is 30.5 Å². The van der Waals surface area contributed by atoms with Gasteiger partial charge in [0.2, 0.25) is 29.6 Å². The predicted octanol–water partition coefficient (Wildman–Crippen LogP) is 5.00. The highest BCUT2D eigenvalue weighted by molar-refractivity contribution is 8.76. The van der Waals surface area contributed by atoms with Crippen molar-refractivity contribution in [1.82, 2.24) is 56.5 Å². The third-order valence-electron chi connectivity index (χ3n) is 16.4. The molecule has 0 spiro atoms. The molecule has 4 aromatic heterocycles. The molecule has 33 nitrogen and oxygen atoms in total. The zero-order chi connectivity index (χ0) is 73.6. The number of benzene rings is 5. The maximum atomic E-state index is 14.1. The monoisotopic (exact) mass is 1460 g/mol. The van der Waals surface area contributed by atoms with Gasteiger partial charge in [0, 0.05) is 105 Å². The lowest BCUT2D eigenvalue weighted by atomic mass is 9.95. The molecule has 536 valence electrons. The number of halogens is 1. The third kappa shape index (κ3) is 18.9. The average Bonchev–Trinajstić information content (AvgIpc) is 1.61. The molecule has 1 aliphatic heterocycles. The number of nitrogens with zero attached hydrogens (tertiary/aromatic N) is 4. The second-order valence-electron chi connectivity index (χ2n) is 23.8. The van der Waals surface area contributed by atoms with Crippen molar-refractivity contribution < 1.29 is 68.4 Å². The van der Waals surface area contributed by atoms with Gasteiger partial charge in [-0.1, -0.05) is 45.9 Å². The number of guanidine groups is 1. The highest BCUT2D eigenvalue weighted by Gasteiger charge is 2.36. The van der Waals surface area contributed by atoms with Crippen molar-refractivity contribution in [2.45, 2.75) is 81.6 Å². The standard InChI is InChI=1S/C67H69ClN18O15S2/c68-27-35-30-86(50-26-51(87)40-5-1-2-6-41(40)55(35)50)63(97)48-24-34-22-38(13-15-43(34)79-48)77-60(94)46-23-33-21-37(12-14-42(33)78-46)75-53(89)18-20-102-103-31-49(65(100)101)83-61(95)47(25-54(90)91)82-59(93)44(7-3-4-19-72-66(69)70)80-52(88)17-16-45(64(98)99)81-58(92)32-8-10-36(11-9-32)73-28-39-29-74-57-56(76-39)62(96)85-67(71)84-57/h1-2,5-6,8-15,21-24,26,29,35,44-45,47,49,73,78-79,87H,3-4,7,16-20,25,27-28,30-31H2,(H,75,89)(H,77,94)(H,80,88)(H,81,92)(H,82,93)(H,83,95)(H,90,91)(H,98,99)(H,100,101)(H4,69,70,72)(H3,71,74,84,85,96)/t35?,44-,45-,47-,49?/m1/s1. The summed E-state index contributed by atoms with van der Waals surface area (Å²) in [7, 11) is 2.10. The summed E-state index contributed by atoms with van der Waals surface area (Å²) in [5, 5.41) is 71.6. The first-order valence-corrected chi connectivity index (χ1v) is 35.0. The van der Waals surface area contributed by atoms with E-state index in [1.54, 1.807) is 59.5 Å². The molecule has 36 heteroatoms. The lowest BCUT2D eigenvalue weighted by Crippen LogP contribution is -2.56. The largest absolute Gasteiger partial charge is 0.507 e. The van der Waals surface area contributed by atoms with Gasteiger partial charge >= 0.3 is 17.9 Å². The number of alkyl halides is 1. The van der Waals surface area contributed by atoms with E-state index >= 15 is 0 Å². The quantitative estimate of drug-likeness (QED) is 0.00845. The van der Waals surface area contributed by atoms with Gasteiger partial charge < -0.3 is 89.3 Å². The molecular formula is C67H69ClN18O15S2. The van der Waals surface area contributed by atoms with E-state index in [-0.39, 0.29) is 102 Å². The van der Waals surface area contributed by atoms with Gasteiger partial charge in [0.15, 0.2) is 17.1 Å². The van der Waals surface area contributed by atoms with Gasteiger partial charge in [-0.25, -0.2) is 19.6 Å². The van der Waals surface area contributed by atoms with Crippen LogP contribution in [0.1, 0.15) is 93.5 Å². The van der Waals surface area contributed by atoms with Crippen LogP contribution in [0.25, 0.3) is 43.7 Å². The van der Waals surface area contributed by atoms with E-state index < -0.39 is 102 Å². The zero-order valence-corrected chi connectivity index (χ0v) is 56.8. The number of aromatic nitrogens is 6. The SMILES string of the molecule is N=C(N)NCCCC[C@@H](NC(=O)CC[C@@H](NC(=O)c1ccc(NCc2cnc3nc(N)[nH]c(=O)c3n2)cc1)C(=O)O)C(=O)N[C@H](CC(=O)O)C(=O)NC(CSSCCC(=O)Nc1ccc2[nH]c(C(=O)Nc3ccc4[nH]c(C(=O)N5CC(CCl)c6c5cc(O)c5ccccc65)cc4c3)cc2c1)C(=O)O. The van der Waals surface area contributed by atoms with Crippen molar-refractivity contribution in [3.05, 3.63) is 148 Å². The number of unbranched alkanes of at least 4 members (excludes halogenated alkanes) is 1. The lowest BCUT2D eigenvalue weighted by molar-refractivity contribution is -0.143. The molecule has 2 unspecified atom stereocenters. The second kappa shape index (κ2) is 33.5. The Morgan fingerprint density at radius 2 is 1.35 bits per heavy atom. The number of aromatic hydroxyl groups is 1. The molecule has 0 saturated carbocycles. The Labute approximate surface area is 596 Å². The number of H-pyrrole nitrogens is 3. The van der Waals surface area contributed by atoms with Crippen LogP contribution in [0.4, 0.5) is 28.7 Å². The molecular weight excluding hydrogens is 1400 g/mol. The minimum Gasteiger partial charge on any atom is -0.507 e. The fourth-order valence-electron chi connectivity index (χ4n) is 11.4. The van der Waals surface area contributed by atoms with Crippen LogP contribution in [0.2, 0.25) is 0 Å². The third-order valence-corrected chi connectivity index (χ3v) is 19.2. The van der Waals surface area contributed by atoms with Gasteiger partial charge in [-0.2, -0.15) is 4.98 Å². The van der Waals surface area contributed by atoms with Crippen LogP contribution in [-0.4, -0.2) is 170 Å². The lowest BCUT2D eigenvalue weighted by Gasteiger charge is -2.24. The van der Waals surface area contributed by atoms with E-state index in [1.807, 2.05) is 24.3 Å². The number of carboxylic acids is 3. The Bertz CT molecular complexity index is 4860. The number of carbonyl (C=O) groups excluding carboxylic acids is 7. The van der Waals surface area contributed by atoms with Crippen molar-refractivity contribution >= 4 is 171 Å². The van der Waals surface area contributed by atoms with Crippen LogP contribution in [0.15, 0.2) is 114 Å². The summed E-state index contributed by atoms with van der Waals surface area (Å²) < 4.78 is 0. The summed E-state index contributed by atoms with van der Waals surface area (Å²) in [4.78, 5) is 166. The number of nitrogens with one attached hydrogen (secondary N) is 12. The maximum absolute atomic E-state index is 14.1. The normalized spacial score (nSPS) is 13.6. The molecule has 0 bridgehead atoms. The Morgan fingerprint density at radius 1 is 0.689 bits per heavy atom. The minimum atomic E-state index is -1.87. The molecule has 7 amide bonds. The number of nitrogen functional groups attached to an aromatic ring is 1. The van der Waals surface area contributed by atoms with Crippen LogP contribution >= 0.6 is 33.2 Å². The Kier molecular flexibility index (Phi) is 23.9. The molecule has 20 N–H and O–H groups in total. The molecule has 9 aromatic rings. The van der Waals surface area contributed by atoms with Crippen molar-refractivity contribution in [1.29, 1.82) is 5.41 Å². The van der Waals surface area contributed by atoms with Crippen LogP contribution in [0, 0.1) is 5.41 Å². The highest BCUT2D eigenvalue weighted by Crippen LogP contribution is 2.46. The van der Waals surface area contributed by atoms with Crippen LogP contribution < -0.4 is 64.5 Å². The number of phenolic OH excluding ortho intramolecular Hbond substituents is 1. The van der Waals surface area contributed by atoms with Crippen LogP contribution in [0.3, 0.4) is 0 Å². The van der Waals surface area contributed by atoms with E-state index in [2.05, 4.69) is 72.4 Å². The topological polar surface area (TPSA) is 530 Å². The van der Waals surface area contributed by atoms with Gasteiger partial charge in [-0.05, 0) is 109 Å². The summed E-state index contributed by atoms with van der Waals surface area (Å²) >= 11 is 6.41. The molecule has 5 atom stereocenters. The smallest absolute Gasteiger partial charge is 0.327 e. The van der Waals surface area contributed by atoms with Gasteiger partial charge in [-0.15, -0.1) is 11.6 Å². The molecule has 5 aromatic carbocycles. The van der Waals surface area contributed by atoms with E-state index in [0.29, 0.717) is 74.3 Å². The number of hydrogen-bond acceptors (Lipinski definition) is 20. The van der Waals surface area contributed by atoms with Crippen molar-refractivity contribution in [3.63, 3.8) is 0 Å². The Hall–Kier alpha value is -12.0. The molecule has 1 aliphatic rings. The molecule has 0 aliphatic carbocycles. The summed E-state index contributed by atoms with van der Waals surface area (Å²) in [6.45, 7) is 0.620. The van der Waals surface area contributed by atoms with E-state index in [4.69, 9.17) is 28.5 Å². The summed E-state index contributed by atoms with van der Waals surface area (Å²) in [6, 6.07) is 21.8. The number of aromatic amines is 3. The molecule has 0 fully saturated rings. The molecule has 0 radical (unpaired) electrons. The molecule has 5 heterocycles. The fourth-order valence-corrected chi connectivity index (χ4v) is 13.8. The van der Waals surface area contributed by atoms with Crippen molar-refractivity contribution in [2.75, 3.05) is 57.1 Å². The van der Waals surface area contributed by atoms with Gasteiger partial charge in [0.25, 0.3) is 23.3 Å². The number of carboxylic acid groups (broad SMARTS) is 3. The van der Waals surface area contributed by atoms with Gasteiger partial charge in [0.1, 0.15) is 41.3 Å². The average molecular weight is 1470 g/mol. The number of anilines is 5. The number of rotatable bonds is 33. The summed E-state index contributed by atoms with van der Waals surface area (Å²) in [5.41, 5.74) is 15.5. The summed E-state index contributed by atoms with van der Waals surface area (Å²) in [5.74, 6) is -10.0. The first kappa shape index (κ1) is 73.7. The number of hydrogen-bond donors (Lipinski definition) is 18. The first-order valence-electron chi connectivity index (χ1n) is 31.9. The Balaban J connectivity index is 0.670. The van der Waals surface area contributed by atoms with Crippen molar-refractivity contribution in [2.24, 2.45) is 5.73 Å². The predicted molar refractivity (Wildman–Crippen MR) is 387 cm³/mol. The minimum absolute atomic E-state index is 0.0205. The Morgan fingerprint density at radius 3 is 2.04 bits per heavy atom. The van der Waals surface area contributed by atoms with Crippen molar-refractivity contribution in [3.8, 4) is 5.75 Å². The van der Waals surface area contributed by atoms with Crippen LogP contribution in [0.5, 0.6) is 5.75 Å². The number of fused-ring (bicyclic) bond motifs is 6. The van der Waals surface area contributed by atoms with Gasteiger partial charge in [0.05, 0.1) is 30.5 Å².